The number of halogens is 1. The van der Waals surface area contributed by atoms with E-state index >= 15 is 0 Å². The van der Waals surface area contributed by atoms with Crippen LogP contribution in [-0.2, 0) is 13.5 Å². The highest BCUT2D eigenvalue weighted by atomic mass is 79.9. The van der Waals surface area contributed by atoms with Gasteiger partial charge in [-0.15, -0.1) is 0 Å². The summed E-state index contributed by atoms with van der Waals surface area (Å²) in [6, 6.07) is 17.1. The van der Waals surface area contributed by atoms with E-state index in [1.54, 1.807) is 0 Å². The van der Waals surface area contributed by atoms with E-state index in [9.17, 15) is 0 Å². The van der Waals surface area contributed by atoms with Crippen LogP contribution in [0.4, 0.5) is 0 Å². The number of aromatic nitrogens is 1. The lowest BCUT2D eigenvalue weighted by atomic mass is 10.2. The third kappa shape index (κ3) is 2.20. The third-order valence-corrected chi connectivity index (χ3v) is 4.84. The van der Waals surface area contributed by atoms with Crippen LogP contribution >= 0.6 is 27.3 Å². The van der Waals surface area contributed by atoms with Crippen LogP contribution in [0.25, 0.3) is 10.2 Å². The number of hydrogen-bond acceptors (Lipinski definition) is 1. The fraction of sp³-hybridized carbons (Fsp3) is 0.133. The summed E-state index contributed by atoms with van der Waals surface area (Å²) in [7, 11) is 2.15. The van der Waals surface area contributed by atoms with Crippen molar-refractivity contribution in [1.29, 1.82) is 0 Å². The van der Waals surface area contributed by atoms with Gasteiger partial charge < -0.3 is 0 Å². The van der Waals surface area contributed by atoms with Crippen LogP contribution in [0.3, 0.4) is 0 Å². The quantitative estimate of drug-likeness (QED) is 0.627. The van der Waals surface area contributed by atoms with E-state index in [-0.39, 0.29) is 0 Å². The molecule has 0 fully saturated rings. The van der Waals surface area contributed by atoms with Crippen molar-refractivity contribution in [3.63, 3.8) is 0 Å². The highest BCUT2D eigenvalue weighted by Gasteiger charge is 2.16. The minimum absolute atomic E-state index is 0.989. The molecule has 0 saturated heterocycles. The molecule has 2 aromatic carbocycles. The van der Waals surface area contributed by atoms with Crippen LogP contribution in [0.15, 0.2) is 53.0 Å². The SMILES string of the molecule is C[n+]1c(Cc2ccc(Br)cc2)sc2ccccc21. The van der Waals surface area contributed by atoms with Crippen LogP contribution in [0.2, 0.25) is 0 Å². The minimum atomic E-state index is 0.989. The first kappa shape index (κ1) is 11.9. The zero-order valence-corrected chi connectivity index (χ0v) is 12.5. The Hall–Kier alpha value is -1.19. The summed E-state index contributed by atoms with van der Waals surface area (Å²) in [4.78, 5) is 0. The standard InChI is InChI=1S/C15H13BrNS/c1-17-13-4-2-3-5-14(13)18-15(17)10-11-6-8-12(16)9-7-11/h2-9H,10H2,1H3/q+1. The summed E-state index contributed by atoms with van der Waals surface area (Å²) in [5, 5.41) is 1.39. The maximum atomic E-state index is 3.47. The van der Waals surface area contributed by atoms with Gasteiger partial charge in [0, 0.05) is 10.5 Å². The molecular formula is C15H13BrNS+. The lowest BCUT2D eigenvalue weighted by Crippen LogP contribution is -2.30. The molecule has 0 radical (unpaired) electrons. The minimum Gasteiger partial charge on any atom is -0.188 e. The van der Waals surface area contributed by atoms with Crippen molar-refractivity contribution in [2.45, 2.75) is 6.42 Å². The molecule has 3 rings (SSSR count). The fourth-order valence-corrected chi connectivity index (χ4v) is 3.53. The van der Waals surface area contributed by atoms with Crippen molar-refractivity contribution in [3.05, 3.63) is 63.6 Å². The number of nitrogens with zero attached hydrogens (tertiary/aromatic N) is 1. The zero-order chi connectivity index (χ0) is 12.5. The summed E-state index contributed by atoms with van der Waals surface area (Å²) < 4.78 is 4.78. The van der Waals surface area contributed by atoms with Gasteiger partial charge in [0.1, 0.15) is 11.7 Å². The molecule has 1 heterocycles. The van der Waals surface area contributed by atoms with E-state index in [1.165, 1.54) is 20.8 Å². The van der Waals surface area contributed by atoms with Gasteiger partial charge in [-0.1, -0.05) is 51.5 Å². The van der Waals surface area contributed by atoms with Crippen LogP contribution in [0, 0.1) is 0 Å². The molecule has 0 unspecified atom stereocenters. The smallest absolute Gasteiger partial charge is 0.188 e. The largest absolute Gasteiger partial charge is 0.242 e. The number of rotatable bonds is 2. The molecule has 90 valence electrons. The van der Waals surface area contributed by atoms with E-state index in [4.69, 9.17) is 0 Å². The van der Waals surface area contributed by atoms with Gasteiger partial charge in [0.25, 0.3) is 0 Å². The van der Waals surface area contributed by atoms with E-state index in [2.05, 4.69) is 76.1 Å². The summed E-state index contributed by atoms with van der Waals surface area (Å²) in [5.74, 6) is 0. The van der Waals surface area contributed by atoms with E-state index in [0.29, 0.717) is 0 Å². The molecule has 1 aromatic heterocycles. The second-order valence-corrected chi connectivity index (χ2v) is 6.36. The van der Waals surface area contributed by atoms with Crippen molar-refractivity contribution >= 4 is 37.5 Å². The molecule has 0 aliphatic rings. The van der Waals surface area contributed by atoms with E-state index in [0.717, 1.165) is 10.9 Å². The summed E-state index contributed by atoms with van der Waals surface area (Å²) in [5.41, 5.74) is 2.66. The van der Waals surface area contributed by atoms with Gasteiger partial charge in [-0.25, -0.2) is 0 Å². The first-order valence-electron chi connectivity index (χ1n) is 5.85. The van der Waals surface area contributed by atoms with Gasteiger partial charge in [-0.2, -0.15) is 4.57 Å². The van der Waals surface area contributed by atoms with Crippen molar-refractivity contribution < 1.29 is 4.57 Å². The molecule has 0 aliphatic heterocycles. The molecule has 3 aromatic rings. The maximum Gasteiger partial charge on any atom is 0.242 e. The first-order chi connectivity index (χ1) is 8.74. The molecule has 0 saturated carbocycles. The van der Waals surface area contributed by atoms with Gasteiger partial charge >= 0.3 is 0 Å². The lowest BCUT2D eigenvalue weighted by molar-refractivity contribution is -0.647. The second kappa shape index (κ2) is 4.82. The molecule has 0 amide bonds. The van der Waals surface area contributed by atoms with Crippen molar-refractivity contribution in [3.8, 4) is 0 Å². The number of hydrogen-bond donors (Lipinski definition) is 0. The number of thiazole rings is 1. The van der Waals surface area contributed by atoms with Crippen molar-refractivity contribution in [2.75, 3.05) is 0 Å². The number of para-hydroxylation sites is 1. The maximum absolute atomic E-state index is 3.47. The van der Waals surface area contributed by atoms with Crippen LogP contribution < -0.4 is 4.57 Å². The Balaban J connectivity index is 1.99. The Morgan fingerprint density at radius 1 is 1.06 bits per heavy atom. The highest BCUT2D eigenvalue weighted by Crippen LogP contribution is 2.22. The zero-order valence-electron chi connectivity index (χ0n) is 10.1. The normalized spacial score (nSPS) is 11.0. The summed E-state index contributed by atoms with van der Waals surface area (Å²) >= 11 is 5.35. The van der Waals surface area contributed by atoms with Crippen molar-refractivity contribution in [1.82, 2.24) is 0 Å². The first-order valence-corrected chi connectivity index (χ1v) is 7.46. The number of aryl methyl sites for hydroxylation is 1. The van der Waals surface area contributed by atoms with E-state index < -0.39 is 0 Å². The molecule has 0 bridgehead atoms. The predicted octanol–water partition coefficient (Wildman–Crippen LogP) is 4.08. The fourth-order valence-electron chi connectivity index (χ4n) is 2.08. The second-order valence-electron chi connectivity index (χ2n) is 4.33. The molecule has 1 nitrogen and oxygen atoms in total. The van der Waals surface area contributed by atoms with Crippen LogP contribution in [-0.4, -0.2) is 0 Å². The molecular weight excluding hydrogens is 306 g/mol. The Bertz CT molecular complexity index is 685. The van der Waals surface area contributed by atoms with Gasteiger partial charge in [0.15, 0.2) is 0 Å². The molecule has 0 N–H and O–H groups in total. The molecule has 0 spiro atoms. The summed E-state index contributed by atoms with van der Waals surface area (Å²) in [6.07, 6.45) is 0.989. The monoisotopic (exact) mass is 318 g/mol. The predicted molar refractivity (Wildman–Crippen MR) is 79.9 cm³/mol. The van der Waals surface area contributed by atoms with E-state index in [1.807, 2.05) is 11.3 Å². The van der Waals surface area contributed by atoms with Gasteiger partial charge in [0.2, 0.25) is 10.5 Å². The summed E-state index contributed by atoms with van der Waals surface area (Å²) in [6.45, 7) is 0. The average molecular weight is 319 g/mol. The molecule has 0 atom stereocenters. The Morgan fingerprint density at radius 2 is 1.78 bits per heavy atom. The highest BCUT2D eigenvalue weighted by molar-refractivity contribution is 9.10. The Morgan fingerprint density at radius 3 is 2.50 bits per heavy atom. The van der Waals surface area contributed by atoms with Crippen LogP contribution in [0.1, 0.15) is 10.6 Å². The molecule has 3 heteroatoms. The Labute approximate surface area is 119 Å². The number of benzene rings is 2. The third-order valence-electron chi connectivity index (χ3n) is 3.10. The lowest BCUT2D eigenvalue weighted by Gasteiger charge is -1.97. The molecule has 18 heavy (non-hydrogen) atoms. The van der Waals surface area contributed by atoms with Gasteiger partial charge in [-0.3, -0.25) is 0 Å². The average Bonchev–Trinajstić information content (AvgIpc) is 2.70. The van der Waals surface area contributed by atoms with Gasteiger partial charge in [0.05, 0.1) is 6.42 Å². The molecule has 0 aliphatic carbocycles. The van der Waals surface area contributed by atoms with Crippen molar-refractivity contribution in [2.24, 2.45) is 7.05 Å². The van der Waals surface area contributed by atoms with Gasteiger partial charge in [-0.05, 0) is 23.8 Å². The number of fused-ring (bicyclic) bond motifs is 1. The topological polar surface area (TPSA) is 3.88 Å². The Kier molecular flexibility index (Phi) is 3.18. The van der Waals surface area contributed by atoms with Crippen LogP contribution in [0.5, 0.6) is 0 Å².